The smallest absolute Gasteiger partial charge is 0.264 e. The highest BCUT2D eigenvalue weighted by molar-refractivity contribution is 7.85. The number of hydrogen-bond donors (Lipinski definition) is 2. The van der Waals surface area contributed by atoms with Gasteiger partial charge in [0.1, 0.15) is 0 Å². The van der Waals surface area contributed by atoms with Gasteiger partial charge in [-0.25, -0.2) is 0 Å². The van der Waals surface area contributed by atoms with Crippen LogP contribution < -0.4 is 10.6 Å². The van der Waals surface area contributed by atoms with Crippen LogP contribution in [0, 0.1) is 0 Å². The largest absolute Gasteiger partial charge is 0.383 e. The van der Waals surface area contributed by atoms with Crippen LogP contribution in [-0.4, -0.2) is 39.6 Å². The van der Waals surface area contributed by atoms with Crippen LogP contribution in [0.1, 0.15) is 24.3 Å². The highest BCUT2D eigenvalue weighted by atomic mass is 32.2. The second-order valence-electron chi connectivity index (χ2n) is 5.08. The maximum atomic E-state index is 11.8. The third-order valence-corrected chi connectivity index (χ3v) is 3.88. The number of anilines is 1. The van der Waals surface area contributed by atoms with Crippen LogP contribution >= 0.6 is 0 Å². The number of amides is 2. The first-order valence-corrected chi connectivity index (χ1v) is 8.69. The number of rotatable bonds is 6. The zero-order valence-electron chi connectivity index (χ0n) is 12.2. The summed E-state index contributed by atoms with van der Waals surface area (Å²) in [6.45, 7) is 0.401. The lowest BCUT2D eigenvalue weighted by atomic mass is 9.90. The molecular formula is C14H18N2O5S. The van der Waals surface area contributed by atoms with E-state index >= 15 is 0 Å². The number of piperidine rings is 1. The van der Waals surface area contributed by atoms with Crippen LogP contribution in [0.3, 0.4) is 0 Å². The van der Waals surface area contributed by atoms with Gasteiger partial charge in [0.05, 0.1) is 18.8 Å². The summed E-state index contributed by atoms with van der Waals surface area (Å²) in [7, 11) is -3.42. The van der Waals surface area contributed by atoms with E-state index in [1.165, 1.54) is 0 Å². The minimum absolute atomic E-state index is 0.0493. The summed E-state index contributed by atoms with van der Waals surface area (Å²) in [6, 6.07) is 7.25. The molecule has 120 valence electrons. The van der Waals surface area contributed by atoms with Crippen molar-refractivity contribution in [2.24, 2.45) is 0 Å². The molecule has 1 heterocycles. The fourth-order valence-electron chi connectivity index (χ4n) is 2.23. The summed E-state index contributed by atoms with van der Waals surface area (Å²) in [5.41, 5.74) is 1.65. The number of hydrogen-bond acceptors (Lipinski definition) is 6. The molecule has 0 saturated carbocycles. The van der Waals surface area contributed by atoms with Gasteiger partial charge in [-0.3, -0.25) is 19.1 Å². The van der Waals surface area contributed by atoms with Crippen LogP contribution in [0.5, 0.6) is 0 Å². The Labute approximate surface area is 129 Å². The van der Waals surface area contributed by atoms with Crippen molar-refractivity contribution in [3.8, 4) is 0 Å². The molecule has 1 aliphatic rings. The lowest BCUT2D eigenvalue weighted by molar-refractivity contribution is -0.134. The van der Waals surface area contributed by atoms with Gasteiger partial charge in [0.25, 0.3) is 10.1 Å². The van der Waals surface area contributed by atoms with Crippen molar-refractivity contribution < 1.29 is 22.2 Å². The van der Waals surface area contributed by atoms with Gasteiger partial charge in [0.15, 0.2) is 0 Å². The second-order valence-corrected chi connectivity index (χ2v) is 6.72. The molecule has 1 saturated heterocycles. The Morgan fingerprint density at radius 1 is 1.27 bits per heavy atom. The molecule has 1 atom stereocenters. The average Bonchev–Trinajstić information content (AvgIpc) is 2.44. The Bertz CT molecular complexity index is 654. The number of imide groups is 1. The molecule has 1 aliphatic heterocycles. The molecule has 22 heavy (non-hydrogen) atoms. The second kappa shape index (κ2) is 6.89. The van der Waals surface area contributed by atoms with E-state index in [1.54, 1.807) is 12.1 Å². The van der Waals surface area contributed by atoms with E-state index in [1.807, 2.05) is 12.1 Å². The molecule has 0 radical (unpaired) electrons. The van der Waals surface area contributed by atoms with Crippen LogP contribution in [-0.2, 0) is 23.9 Å². The minimum atomic E-state index is -3.42. The summed E-state index contributed by atoms with van der Waals surface area (Å²) in [4.78, 5) is 22.9. The zero-order valence-corrected chi connectivity index (χ0v) is 13.0. The average molecular weight is 326 g/mol. The van der Waals surface area contributed by atoms with Crippen molar-refractivity contribution in [3.63, 3.8) is 0 Å². The van der Waals surface area contributed by atoms with Crippen molar-refractivity contribution >= 4 is 27.6 Å². The molecule has 1 unspecified atom stereocenters. The third kappa shape index (κ3) is 4.81. The normalized spacial score (nSPS) is 18.9. The van der Waals surface area contributed by atoms with Crippen LogP contribution in [0.25, 0.3) is 0 Å². The Balaban J connectivity index is 1.88. The molecule has 0 bridgehead atoms. The zero-order chi connectivity index (χ0) is 16.2. The highest BCUT2D eigenvalue weighted by Crippen LogP contribution is 2.25. The van der Waals surface area contributed by atoms with Gasteiger partial charge in [0, 0.05) is 18.7 Å². The van der Waals surface area contributed by atoms with Gasteiger partial charge in [-0.2, -0.15) is 8.42 Å². The van der Waals surface area contributed by atoms with Crippen LogP contribution in [0.4, 0.5) is 5.69 Å². The van der Waals surface area contributed by atoms with Gasteiger partial charge in [-0.05, 0) is 24.1 Å². The van der Waals surface area contributed by atoms with E-state index in [4.69, 9.17) is 0 Å². The first kappa shape index (κ1) is 16.4. The van der Waals surface area contributed by atoms with Crippen LogP contribution in [0.15, 0.2) is 24.3 Å². The molecule has 8 heteroatoms. The SMILES string of the molecule is CS(=O)(=O)OCCNc1ccc(C2CCC(=O)NC2=O)cc1. The molecule has 1 aromatic rings. The van der Waals surface area contributed by atoms with Crippen molar-refractivity contribution in [1.82, 2.24) is 5.32 Å². The van der Waals surface area contributed by atoms with Gasteiger partial charge in [-0.15, -0.1) is 0 Å². The van der Waals surface area contributed by atoms with Crippen molar-refractivity contribution in [2.45, 2.75) is 18.8 Å². The first-order valence-electron chi connectivity index (χ1n) is 6.87. The van der Waals surface area contributed by atoms with Gasteiger partial charge in [-0.1, -0.05) is 12.1 Å². The lowest BCUT2D eigenvalue weighted by Gasteiger charge is -2.21. The topological polar surface area (TPSA) is 102 Å². The number of carbonyl (C=O) groups excluding carboxylic acids is 2. The molecule has 0 spiro atoms. The quantitative estimate of drug-likeness (QED) is 0.451. The van der Waals surface area contributed by atoms with E-state index < -0.39 is 10.1 Å². The molecule has 1 fully saturated rings. The van der Waals surface area contributed by atoms with E-state index in [9.17, 15) is 18.0 Å². The molecule has 0 aliphatic carbocycles. The third-order valence-electron chi connectivity index (χ3n) is 3.28. The maximum Gasteiger partial charge on any atom is 0.264 e. The molecule has 2 rings (SSSR count). The van der Waals surface area contributed by atoms with Gasteiger partial charge in [0.2, 0.25) is 11.8 Å². The van der Waals surface area contributed by atoms with Crippen molar-refractivity contribution in [3.05, 3.63) is 29.8 Å². The minimum Gasteiger partial charge on any atom is -0.383 e. The Morgan fingerprint density at radius 2 is 1.95 bits per heavy atom. The fourth-order valence-corrected chi connectivity index (χ4v) is 2.62. The van der Waals surface area contributed by atoms with Gasteiger partial charge >= 0.3 is 0 Å². The predicted octanol–water partition coefficient (Wildman–Crippen LogP) is 0.595. The number of carbonyl (C=O) groups is 2. The molecule has 2 amide bonds. The summed E-state index contributed by atoms with van der Waals surface area (Å²) in [6.07, 6.45) is 1.86. The summed E-state index contributed by atoms with van der Waals surface area (Å²) in [5.74, 6) is -0.802. The van der Waals surface area contributed by atoms with E-state index in [-0.39, 0.29) is 24.3 Å². The lowest BCUT2D eigenvalue weighted by Crippen LogP contribution is -2.39. The fraction of sp³-hybridized carbons (Fsp3) is 0.429. The monoisotopic (exact) mass is 326 g/mol. The molecular weight excluding hydrogens is 308 g/mol. The number of nitrogens with one attached hydrogen (secondary N) is 2. The highest BCUT2D eigenvalue weighted by Gasteiger charge is 2.27. The van der Waals surface area contributed by atoms with Crippen molar-refractivity contribution in [2.75, 3.05) is 24.7 Å². The van der Waals surface area contributed by atoms with Gasteiger partial charge < -0.3 is 5.32 Å². The standard InChI is InChI=1S/C14H18N2O5S/c1-22(19,20)21-9-8-15-11-4-2-10(3-5-11)12-6-7-13(17)16-14(12)18/h2-5,12,15H,6-9H2,1H3,(H,16,17,18). The Morgan fingerprint density at radius 3 is 2.55 bits per heavy atom. The van der Waals surface area contributed by atoms with Crippen LogP contribution in [0.2, 0.25) is 0 Å². The van der Waals surface area contributed by atoms with E-state index in [0.29, 0.717) is 19.4 Å². The van der Waals surface area contributed by atoms with E-state index in [2.05, 4.69) is 14.8 Å². The summed E-state index contributed by atoms with van der Waals surface area (Å²) in [5, 5.41) is 5.35. The Kier molecular flexibility index (Phi) is 5.15. The maximum absolute atomic E-state index is 11.8. The molecule has 2 N–H and O–H groups in total. The Hall–Kier alpha value is -1.93. The summed E-state index contributed by atoms with van der Waals surface area (Å²) < 4.78 is 26.2. The molecule has 7 nitrogen and oxygen atoms in total. The summed E-state index contributed by atoms with van der Waals surface area (Å²) >= 11 is 0. The van der Waals surface area contributed by atoms with E-state index in [0.717, 1.165) is 17.5 Å². The first-order chi connectivity index (χ1) is 10.3. The van der Waals surface area contributed by atoms with Crippen molar-refractivity contribution in [1.29, 1.82) is 0 Å². The predicted molar refractivity (Wildman–Crippen MR) is 80.9 cm³/mol. The molecule has 1 aromatic carbocycles. The molecule has 0 aromatic heterocycles. The number of benzene rings is 1.